The van der Waals surface area contributed by atoms with Crippen molar-refractivity contribution in [2.75, 3.05) is 17.2 Å². The second kappa shape index (κ2) is 7.68. The summed E-state index contributed by atoms with van der Waals surface area (Å²) in [6, 6.07) is 8.60. The quantitative estimate of drug-likeness (QED) is 0.821. The average molecular weight is 366 g/mol. The summed E-state index contributed by atoms with van der Waals surface area (Å²) in [4.78, 5) is 27.2. The lowest BCUT2D eigenvalue weighted by atomic mass is 9.99. The summed E-state index contributed by atoms with van der Waals surface area (Å²) in [5.74, 6) is -0.327. The smallest absolute Gasteiger partial charge is 0.261 e. The number of thiophene rings is 1. The molecule has 1 atom stereocenters. The first-order chi connectivity index (χ1) is 11.1. The first-order valence-corrected chi connectivity index (χ1v) is 8.49. The molecule has 0 aliphatic carbocycles. The largest absolute Gasteiger partial charge is 0.398 e. The van der Waals surface area contributed by atoms with Crippen LogP contribution < -0.4 is 16.0 Å². The van der Waals surface area contributed by atoms with Gasteiger partial charge in [-0.2, -0.15) is 0 Å². The lowest BCUT2D eigenvalue weighted by Crippen LogP contribution is -2.48. The summed E-state index contributed by atoms with van der Waals surface area (Å²) in [5, 5.41) is 4.61. The van der Waals surface area contributed by atoms with Crippen LogP contribution in [0.2, 0.25) is 0 Å². The molecule has 2 amide bonds. The van der Waals surface area contributed by atoms with E-state index in [1.807, 2.05) is 29.6 Å². The highest BCUT2D eigenvalue weighted by Gasteiger charge is 2.28. The Balaban J connectivity index is 0.00000208. The molecule has 0 saturated heterocycles. The highest BCUT2D eigenvalue weighted by Crippen LogP contribution is 2.31. The number of hydrogen-bond acceptors (Lipinski definition) is 4. The number of nitrogens with one attached hydrogen (secondary N) is 1. The Kier molecular flexibility index (Phi) is 5.85. The minimum atomic E-state index is -0.586. The number of halogens is 1. The highest BCUT2D eigenvalue weighted by atomic mass is 35.5. The van der Waals surface area contributed by atoms with Crippen molar-refractivity contribution in [3.8, 4) is 0 Å². The van der Waals surface area contributed by atoms with Gasteiger partial charge in [-0.3, -0.25) is 9.59 Å². The molecule has 24 heavy (non-hydrogen) atoms. The number of hydrogen-bond donors (Lipinski definition) is 2. The third-order valence-electron chi connectivity index (χ3n) is 4.02. The molecule has 7 heteroatoms. The fraction of sp³-hybridized carbons (Fsp3) is 0.294. The van der Waals surface area contributed by atoms with E-state index in [4.69, 9.17) is 5.73 Å². The molecule has 0 bridgehead atoms. The number of amides is 2. The highest BCUT2D eigenvalue weighted by molar-refractivity contribution is 7.12. The van der Waals surface area contributed by atoms with Gasteiger partial charge in [0, 0.05) is 17.9 Å². The van der Waals surface area contributed by atoms with E-state index in [1.54, 1.807) is 17.9 Å². The number of rotatable bonds is 3. The molecule has 0 radical (unpaired) electrons. The Hall–Kier alpha value is -2.05. The van der Waals surface area contributed by atoms with Crippen LogP contribution >= 0.6 is 23.7 Å². The molecular formula is C17H20ClN3O2S. The fourth-order valence-corrected chi connectivity index (χ4v) is 3.48. The van der Waals surface area contributed by atoms with E-state index in [2.05, 4.69) is 5.32 Å². The number of fused-ring (bicyclic) bond motifs is 1. The first kappa shape index (κ1) is 18.3. The third kappa shape index (κ3) is 3.55. The number of nitrogen functional groups attached to an aromatic ring is 1. The number of carbonyl (C=O) groups is 2. The van der Waals surface area contributed by atoms with Crippen molar-refractivity contribution in [1.82, 2.24) is 5.32 Å². The molecule has 0 spiro atoms. The van der Waals surface area contributed by atoms with E-state index in [1.165, 1.54) is 11.3 Å². The predicted octanol–water partition coefficient (Wildman–Crippen LogP) is 2.85. The van der Waals surface area contributed by atoms with Gasteiger partial charge in [0.15, 0.2) is 0 Å². The van der Waals surface area contributed by atoms with Crippen LogP contribution in [0.5, 0.6) is 0 Å². The Morgan fingerprint density at radius 2 is 2.08 bits per heavy atom. The van der Waals surface area contributed by atoms with Gasteiger partial charge in [-0.1, -0.05) is 12.1 Å². The van der Waals surface area contributed by atoms with Crippen LogP contribution in [-0.2, 0) is 11.2 Å². The molecule has 1 aliphatic heterocycles. The minimum Gasteiger partial charge on any atom is -0.398 e. The molecule has 3 rings (SSSR count). The van der Waals surface area contributed by atoms with Gasteiger partial charge in [0.2, 0.25) is 5.91 Å². The van der Waals surface area contributed by atoms with E-state index in [0.717, 1.165) is 29.8 Å². The molecule has 128 valence electrons. The number of anilines is 2. The Morgan fingerprint density at radius 1 is 1.29 bits per heavy atom. The molecule has 1 aromatic heterocycles. The van der Waals surface area contributed by atoms with Crippen LogP contribution in [0.25, 0.3) is 0 Å². The molecule has 0 fully saturated rings. The molecule has 0 saturated carbocycles. The second-order valence-corrected chi connectivity index (χ2v) is 6.56. The number of carbonyl (C=O) groups excluding carboxylic acids is 2. The minimum absolute atomic E-state index is 0. The SMILES string of the molecule is CC(NC(=O)c1cccs1)C(=O)N1CCCc2c(N)cccc21.Cl. The molecule has 1 aliphatic rings. The van der Waals surface area contributed by atoms with Gasteiger partial charge in [-0.15, -0.1) is 23.7 Å². The van der Waals surface area contributed by atoms with Crippen molar-refractivity contribution < 1.29 is 9.59 Å². The summed E-state index contributed by atoms with van der Waals surface area (Å²) in [5.41, 5.74) is 8.61. The van der Waals surface area contributed by atoms with Crippen LogP contribution in [0.4, 0.5) is 11.4 Å². The summed E-state index contributed by atoms with van der Waals surface area (Å²) in [7, 11) is 0. The molecule has 5 nitrogen and oxygen atoms in total. The molecule has 2 heterocycles. The lowest BCUT2D eigenvalue weighted by Gasteiger charge is -2.32. The van der Waals surface area contributed by atoms with E-state index in [9.17, 15) is 9.59 Å². The Labute approximate surface area is 151 Å². The average Bonchev–Trinajstić information content (AvgIpc) is 3.08. The second-order valence-electron chi connectivity index (χ2n) is 5.61. The normalized spacial score (nSPS) is 14.3. The van der Waals surface area contributed by atoms with Crippen LogP contribution in [0.3, 0.4) is 0 Å². The summed E-state index contributed by atoms with van der Waals surface area (Å²) < 4.78 is 0. The van der Waals surface area contributed by atoms with Crippen LogP contribution in [0.1, 0.15) is 28.6 Å². The fourth-order valence-electron chi connectivity index (χ4n) is 2.85. The zero-order valence-corrected chi connectivity index (χ0v) is 15.0. The zero-order chi connectivity index (χ0) is 16.4. The van der Waals surface area contributed by atoms with E-state index in [-0.39, 0.29) is 24.2 Å². The number of benzene rings is 1. The van der Waals surface area contributed by atoms with Crippen LogP contribution in [0, 0.1) is 0 Å². The maximum Gasteiger partial charge on any atom is 0.261 e. The molecule has 2 aromatic rings. The van der Waals surface area contributed by atoms with Crippen molar-refractivity contribution >= 4 is 46.9 Å². The topological polar surface area (TPSA) is 75.4 Å². The van der Waals surface area contributed by atoms with Gasteiger partial charge in [0.05, 0.1) is 4.88 Å². The molecule has 1 unspecified atom stereocenters. The van der Waals surface area contributed by atoms with Crippen molar-refractivity contribution in [2.24, 2.45) is 0 Å². The maximum atomic E-state index is 12.8. The summed E-state index contributed by atoms with van der Waals surface area (Å²) in [6.07, 6.45) is 1.75. The van der Waals surface area contributed by atoms with Gasteiger partial charge in [0.1, 0.15) is 6.04 Å². The third-order valence-corrected chi connectivity index (χ3v) is 4.88. The number of nitrogens with zero attached hydrogens (tertiary/aromatic N) is 1. The van der Waals surface area contributed by atoms with Crippen molar-refractivity contribution in [3.63, 3.8) is 0 Å². The van der Waals surface area contributed by atoms with Gasteiger partial charge < -0.3 is 16.0 Å². The van der Waals surface area contributed by atoms with E-state index < -0.39 is 6.04 Å². The van der Waals surface area contributed by atoms with Crippen molar-refractivity contribution in [3.05, 3.63) is 46.2 Å². The zero-order valence-electron chi connectivity index (χ0n) is 13.3. The lowest BCUT2D eigenvalue weighted by molar-refractivity contribution is -0.120. The van der Waals surface area contributed by atoms with Gasteiger partial charge in [-0.25, -0.2) is 0 Å². The monoisotopic (exact) mass is 365 g/mol. The first-order valence-electron chi connectivity index (χ1n) is 7.61. The summed E-state index contributed by atoms with van der Waals surface area (Å²) in [6.45, 7) is 2.36. The van der Waals surface area contributed by atoms with E-state index >= 15 is 0 Å². The molecule has 3 N–H and O–H groups in total. The van der Waals surface area contributed by atoms with E-state index in [0.29, 0.717) is 11.4 Å². The maximum absolute atomic E-state index is 12.8. The standard InChI is InChI=1S/C17H19N3O2S.ClH/c1-11(19-16(21)15-8-4-10-23-15)17(22)20-9-3-5-12-13(18)6-2-7-14(12)20;/h2,4,6-8,10-11H,3,5,9,18H2,1H3,(H,19,21);1H. The van der Waals surface area contributed by atoms with Crippen LogP contribution in [0.15, 0.2) is 35.7 Å². The Morgan fingerprint density at radius 3 is 2.79 bits per heavy atom. The molecule has 1 aromatic carbocycles. The number of nitrogens with two attached hydrogens (primary N) is 1. The van der Waals surface area contributed by atoms with Crippen LogP contribution in [-0.4, -0.2) is 24.4 Å². The van der Waals surface area contributed by atoms with Gasteiger partial charge in [-0.05, 0) is 48.9 Å². The van der Waals surface area contributed by atoms with Gasteiger partial charge in [0.25, 0.3) is 5.91 Å². The predicted molar refractivity (Wildman–Crippen MR) is 100 cm³/mol. The summed E-state index contributed by atoms with van der Waals surface area (Å²) >= 11 is 1.36. The van der Waals surface area contributed by atoms with Crippen molar-refractivity contribution in [2.45, 2.75) is 25.8 Å². The van der Waals surface area contributed by atoms with Crippen molar-refractivity contribution in [1.29, 1.82) is 0 Å². The Bertz CT molecular complexity index is 733. The van der Waals surface area contributed by atoms with Gasteiger partial charge >= 0.3 is 0 Å². The molecular weight excluding hydrogens is 346 g/mol.